The summed E-state index contributed by atoms with van der Waals surface area (Å²) in [6.07, 6.45) is 2.43. The Kier molecular flexibility index (Phi) is 17.3. The van der Waals surface area contributed by atoms with Gasteiger partial charge in [-0.3, -0.25) is 19.2 Å². The SMILES string of the molecule is C=C(C(N)=O)C(N)c1ccccc1.CNC(C)C(=O)O.NC(Cc1c[nH]c2ccccc12)C(=O)O.NC(Cc1ccc(O)cc1)C(=O)O. The third kappa shape index (κ3) is 14.3. The van der Waals surface area contributed by atoms with Crippen molar-refractivity contribution in [2.45, 2.75) is 43.9 Å². The Morgan fingerprint density at radius 1 is 0.792 bits per heavy atom. The Morgan fingerprint density at radius 3 is 1.79 bits per heavy atom. The predicted octanol–water partition coefficient (Wildman–Crippen LogP) is 1.88. The molecule has 0 saturated carbocycles. The maximum absolute atomic E-state index is 10.8. The van der Waals surface area contributed by atoms with Gasteiger partial charge in [-0.2, -0.15) is 0 Å². The number of H-pyrrole nitrogens is 1. The lowest BCUT2D eigenvalue weighted by Gasteiger charge is -2.11. The average Bonchev–Trinajstić information content (AvgIpc) is 3.48. The first-order valence-electron chi connectivity index (χ1n) is 14.6. The van der Waals surface area contributed by atoms with Crippen LogP contribution >= 0.6 is 0 Å². The number of phenolic OH excluding ortho intramolecular Hbond substituents is 1. The molecule has 4 unspecified atom stereocenters. The molecule has 258 valence electrons. The molecule has 3 aromatic carbocycles. The van der Waals surface area contributed by atoms with E-state index in [0.717, 1.165) is 27.6 Å². The molecule has 1 amide bonds. The van der Waals surface area contributed by atoms with E-state index < -0.39 is 48.0 Å². The number of rotatable bonds is 11. The number of carbonyl (C=O) groups excluding carboxylic acids is 1. The number of para-hydroxylation sites is 1. The monoisotopic (exact) mass is 664 g/mol. The van der Waals surface area contributed by atoms with E-state index >= 15 is 0 Å². The quantitative estimate of drug-likeness (QED) is 0.103. The van der Waals surface area contributed by atoms with Gasteiger partial charge in [-0.05, 0) is 55.3 Å². The minimum Gasteiger partial charge on any atom is -0.508 e. The van der Waals surface area contributed by atoms with Crippen LogP contribution in [0.15, 0.2) is 97.2 Å². The molecule has 0 saturated heterocycles. The number of aromatic nitrogens is 1. The molecule has 0 aliphatic carbocycles. The molecule has 0 bridgehead atoms. The number of aliphatic carboxylic acids is 3. The number of fused-ring (bicyclic) bond motifs is 1. The minimum absolute atomic E-state index is 0.160. The van der Waals surface area contributed by atoms with Crippen molar-refractivity contribution in [2.75, 3.05) is 7.05 Å². The Morgan fingerprint density at radius 2 is 1.31 bits per heavy atom. The number of nitrogens with two attached hydrogens (primary N) is 4. The molecule has 0 spiro atoms. The van der Waals surface area contributed by atoms with Crippen molar-refractivity contribution in [3.8, 4) is 5.75 Å². The highest BCUT2D eigenvalue weighted by Crippen LogP contribution is 2.19. The van der Waals surface area contributed by atoms with E-state index in [4.69, 9.17) is 43.4 Å². The Bertz CT molecular complexity index is 1630. The van der Waals surface area contributed by atoms with Gasteiger partial charge >= 0.3 is 17.9 Å². The van der Waals surface area contributed by atoms with Crippen LogP contribution in [0.3, 0.4) is 0 Å². The normalized spacial score (nSPS) is 12.6. The summed E-state index contributed by atoms with van der Waals surface area (Å²) in [5.41, 5.74) is 25.4. The zero-order chi connectivity index (χ0) is 36.4. The molecule has 4 rings (SSSR count). The van der Waals surface area contributed by atoms with Gasteiger partial charge in [0.05, 0.1) is 6.04 Å². The molecular formula is C34H44N6O8. The van der Waals surface area contributed by atoms with Crippen LogP contribution in [0.2, 0.25) is 0 Å². The number of hydrogen-bond donors (Lipinski definition) is 10. The first-order valence-corrected chi connectivity index (χ1v) is 14.6. The molecular weight excluding hydrogens is 620 g/mol. The number of benzene rings is 3. The molecule has 14 nitrogen and oxygen atoms in total. The summed E-state index contributed by atoms with van der Waals surface area (Å²) in [4.78, 5) is 44.7. The van der Waals surface area contributed by atoms with E-state index in [0.29, 0.717) is 6.42 Å². The van der Waals surface area contributed by atoms with Gasteiger partial charge in [-0.25, -0.2) is 0 Å². The van der Waals surface area contributed by atoms with Gasteiger partial charge in [0, 0.05) is 29.1 Å². The fraction of sp³-hybridized carbons (Fsp3) is 0.235. The first kappa shape index (κ1) is 40.5. The van der Waals surface area contributed by atoms with Crippen LogP contribution in [-0.4, -0.2) is 74.4 Å². The number of aromatic amines is 1. The van der Waals surface area contributed by atoms with Crippen LogP contribution in [-0.2, 0) is 32.0 Å². The molecule has 4 aromatic rings. The minimum atomic E-state index is -1.02. The van der Waals surface area contributed by atoms with Gasteiger partial charge in [0.15, 0.2) is 0 Å². The molecule has 14 N–H and O–H groups in total. The van der Waals surface area contributed by atoms with Crippen molar-refractivity contribution in [1.29, 1.82) is 0 Å². The van der Waals surface area contributed by atoms with Crippen molar-refractivity contribution in [3.05, 3.63) is 114 Å². The number of nitrogens with one attached hydrogen (secondary N) is 2. The number of hydrogen-bond acceptors (Lipinski definition) is 9. The number of phenols is 1. The Labute approximate surface area is 278 Å². The zero-order valence-electron chi connectivity index (χ0n) is 26.7. The van der Waals surface area contributed by atoms with E-state index in [1.807, 2.05) is 60.8 Å². The van der Waals surface area contributed by atoms with Gasteiger partial charge < -0.3 is 53.7 Å². The van der Waals surface area contributed by atoms with Gasteiger partial charge in [0.25, 0.3) is 0 Å². The van der Waals surface area contributed by atoms with Crippen molar-refractivity contribution in [2.24, 2.45) is 22.9 Å². The second kappa shape index (κ2) is 20.6. The maximum Gasteiger partial charge on any atom is 0.320 e. The summed E-state index contributed by atoms with van der Waals surface area (Å²) in [7, 11) is 1.61. The largest absolute Gasteiger partial charge is 0.508 e. The van der Waals surface area contributed by atoms with Gasteiger partial charge in [0.1, 0.15) is 23.9 Å². The number of primary amides is 1. The number of aromatic hydroxyl groups is 1. The van der Waals surface area contributed by atoms with Crippen LogP contribution in [0.5, 0.6) is 5.75 Å². The van der Waals surface area contributed by atoms with Crippen molar-refractivity contribution in [3.63, 3.8) is 0 Å². The molecule has 0 aliphatic heterocycles. The zero-order valence-corrected chi connectivity index (χ0v) is 26.7. The highest BCUT2D eigenvalue weighted by atomic mass is 16.4. The Hall–Kier alpha value is -5.54. The summed E-state index contributed by atoms with van der Waals surface area (Å²) in [6.45, 7) is 5.12. The summed E-state index contributed by atoms with van der Waals surface area (Å²) in [6, 6.07) is 20.7. The molecule has 0 radical (unpaired) electrons. The number of carboxylic acids is 3. The lowest BCUT2D eigenvalue weighted by Crippen LogP contribution is -2.32. The van der Waals surface area contributed by atoms with E-state index in [-0.39, 0.29) is 17.7 Å². The fourth-order valence-electron chi connectivity index (χ4n) is 3.74. The summed E-state index contributed by atoms with van der Waals surface area (Å²) in [5, 5.41) is 37.9. The van der Waals surface area contributed by atoms with Crippen LogP contribution in [0.25, 0.3) is 10.9 Å². The highest BCUT2D eigenvalue weighted by Gasteiger charge is 2.15. The van der Waals surface area contributed by atoms with Gasteiger partial charge in [-0.15, -0.1) is 0 Å². The number of carboxylic acid groups (broad SMARTS) is 3. The second-order valence-corrected chi connectivity index (χ2v) is 10.5. The first-order chi connectivity index (χ1) is 22.6. The summed E-state index contributed by atoms with van der Waals surface area (Å²) >= 11 is 0. The highest BCUT2D eigenvalue weighted by molar-refractivity contribution is 5.92. The molecule has 0 aliphatic rings. The number of likely N-dealkylation sites (N-methyl/N-ethyl adjacent to an activating group) is 1. The third-order valence-electron chi connectivity index (χ3n) is 6.80. The van der Waals surface area contributed by atoms with Crippen molar-refractivity contribution < 1.29 is 39.6 Å². The molecule has 14 heteroatoms. The molecule has 48 heavy (non-hydrogen) atoms. The molecule has 4 atom stereocenters. The molecule has 1 heterocycles. The Balaban J connectivity index is 0.000000330. The number of amides is 1. The third-order valence-corrected chi connectivity index (χ3v) is 6.80. The number of carbonyl (C=O) groups is 4. The fourth-order valence-corrected chi connectivity index (χ4v) is 3.74. The van der Waals surface area contributed by atoms with Crippen LogP contribution in [0.4, 0.5) is 0 Å². The summed E-state index contributed by atoms with van der Waals surface area (Å²) in [5.74, 6) is -3.21. The van der Waals surface area contributed by atoms with E-state index in [9.17, 15) is 19.2 Å². The smallest absolute Gasteiger partial charge is 0.320 e. The topological polar surface area (TPSA) is 281 Å². The second-order valence-electron chi connectivity index (χ2n) is 10.5. The van der Waals surface area contributed by atoms with Crippen molar-refractivity contribution in [1.82, 2.24) is 10.3 Å². The maximum atomic E-state index is 10.8. The summed E-state index contributed by atoms with van der Waals surface area (Å²) < 4.78 is 0. The van der Waals surface area contributed by atoms with Gasteiger partial charge in [-0.1, -0.05) is 67.2 Å². The lowest BCUT2D eigenvalue weighted by molar-refractivity contribution is -0.139. The molecule has 1 aromatic heterocycles. The molecule has 0 fully saturated rings. The van der Waals surface area contributed by atoms with Crippen LogP contribution < -0.4 is 28.3 Å². The van der Waals surface area contributed by atoms with Gasteiger partial charge in [0.2, 0.25) is 5.91 Å². The van der Waals surface area contributed by atoms with E-state index in [1.165, 1.54) is 12.1 Å². The predicted molar refractivity (Wildman–Crippen MR) is 183 cm³/mol. The average molecular weight is 665 g/mol. The van der Waals surface area contributed by atoms with Crippen molar-refractivity contribution >= 4 is 34.7 Å². The van der Waals surface area contributed by atoms with E-state index in [2.05, 4.69) is 16.9 Å². The lowest BCUT2D eigenvalue weighted by atomic mass is 10.0. The van der Waals surface area contributed by atoms with Crippen LogP contribution in [0, 0.1) is 0 Å². The van der Waals surface area contributed by atoms with E-state index in [1.54, 1.807) is 26.1 Å². The standard InChI is InChI=1S/C11H12N2O2.C10H12N2O.C9H11NO3.C4H9NO2/c12-9(11(14)15)5-7-6-13-10-4-2-1-3-8(7)10;1-7(10(12)13)9(11)8-5-3-2-4-6-8;10-8(9(12)13)5-6-1-3-7(11)4-2-6;1-3(5-2)4(6)7/h1-4,6,9,13H,5,12H2,(H,14,15);2-6,9H,1,11H2,(H2,12,13);1-4,8,11H,5,10H2,(H,12,13);3,5H,1-2H3,(H,6,7). The van der Waals surface area contributed by atoms with Crippen LogP contribution in [0.1, 0.15) is 29.7 Å².